The van der Waals surface area contributed by atoms with E-state index in [1.807, 2.05) is 60.7 Å². The highest BCUT2D eigenvalue weighted by Crippen LogP contribution is 2.57. The zero-order valence-corrected chi connectivity index (χ0v) is 27.5. The van der Waals surface area contributed by atoms with E-state index in [-0.39, 0.29) is 11.6 Å². The van der Waals surface area contributed by atoms with Crippen molar-refractivity contribution in [2.45, 2.75) is 12.8 Å². The van der Waals surface area contributed by atoms with E-state index in [1.165, 1.54) is 56.3 Å². The number of ketones is 2. The van der Waals surface area contributed by atoms with Crippen molar-refractivity contribution in [1.29, 1.82) is 0 Å². The maximum atomic E-state index is 14.6. The van der Waals surface area contributed by atoms with Gasteiger partial charge in [-0.1, -0.05) is 169 Å². The van der Waals surface area contributed by atoms with Gasteiger partial charge in [0.25, 0.3) is 0 Å². The summed E-state index contributed by atoms with van der Waals surface area (Å²) < 4.78 is 0. The monoisotopic (exact) mass is 652 g/mol. The fourth-order valence-electron chi connectivity index (χ4n) is 7.22. The van der Waals surface area contributed by atoms with E-state index in [9.17, 15) is 9.59 Å². The summed E-state index contributed by atoms with van der Waals surface area (Å²) in [5, 5.41) is 0. The van der Waals surface area contributed by atoms with Gasteiger partial charge in [-0.15, -0.1) is 0 Å². The van der Waals surface area contributed by atoms with Crippen LogP contribution in [0.3, 0.4) is 0 Å². The first kappa shape index (κ1) is 29.0. The van der Waals surface area contributed by atoms with Crippen LogP contribution in [0.5, 0.6) is 0 Å². The Bertz CT molecular complexity index is 2200. The van der Waals surface area contributed by atoms with Crippen LogP contribution in [-0.4, -0.2) is 11.6 Å². The Labute approximate surface area is 288 Å². The number of fused-ring (bicyclic) bond motifs is 6. The van der Waals surface area contributed by atoms with Crippen molar-refractivity contribution in [3.8, 4) is 22.3 Å². The molecule has 0 bridgehead atoms. The quantitative estimate of drug-likeness (QED) is 0.167. The molecule has 0 spiro atoms. The second-order valence-electron chi connectivity index (χ2n) is 12.2. The van der Waals surface area contributed by atoms with Gasteiger partial charge in [0.2, 0.25) is 11.6 Å². The van der Waals surface area contributed by atoms with Crippen LogP contribution < -0.4 is 0 Å². The number of benzene rings is 6. The minimum absolute atomic E-state index is 0.0701. The zero-order valence-electron chi connectivity index (χ0n) is 25.9. The minimum Gasteiger partial charge on any atom is -0.288 e. The normalized spacial score (nSPS) is 14.3. The zero-order chi connectivity index (χ0) is 32.2. The van der Waals surface area contributed by atoms with E-state index in [2.05, 4.69) is 84.9 Å². The first-order valence-corrected chi connectivity index (χ1v) is 17.7. The van der Waals surface area contributed by atoms with E-state index < -0.39 is 0 Å². The Morgan fingerprint density at radius 3 is 1.21 bits per heavy atom. The Hall–Kier alpha value is -5.16. The molecule has 6 aromatic carbocycles. The first-order valence-electron chi connectivity index (χ1n) is 16.1. The predicted octanol–water partition coefficient (Wildman–Crippen LogP) is 11.1. The van der Waals surface area contributed by atoms with Crippen LogP contribution in [-0.2, 0) is 12.8 Å². The number of hydrogen-bond donors (Lipinski definition) is 0. The molecular weight excluding hydrogens is 625 g/mol. The molecule has 1 heterocycles. The fourth-order valence-corrected chi connectivity index (χ4v) is 9.93. The van der Waals surface area contributed by atoms with Crippen molar-refractivity contribution in [3.63, 3.8) is 0 Å². The third-order valence-electron chi connectivity index (χ3n) is 9.50. The number of rotatable bonds is 6. The van der Waals surface area contributed by atoms with Crippen molar-refractivity contribution in [3.05, 3.63) is 200 Å². The van der Waals surface area contributed by atoms with Crippen molar-refractivity contribution < 1.29 is 9.59 Å². The molecule has 0 N–H and O–H groups in total. The number of thioether (sulfide) groups is 2. The molecule has 0 aromatic heterocycles. The molecule has 3 aliphatic rings. The number of carbonyl (C=O) groups excluding carboxylic acids is 2. The summed E-state index contributed by atoms with van der Waals surface area (Å²) >= 11 is 2.93. The third kappa shape index (κ3) is 4.75. The van der Waals surface area contributed by atoms with Crippen molar-refractivity contribution in [2.75, 3.05) is 0 Å². The average molecular weight is 653 g/mol. The summed E-state index contributed by atoms with van der Waals surface area (Å²) in [5.41, 5.74) is 13.3. The van der Waals surface area contributed by atoms with Crippen molar-refractivity contribution in [1.82, 2.24) is 0 Å². The number of Topliss-reactive ketones (excluding diaryl/α,β-unsaturated/α-hetero) is 2. The largest absolute Gasteiger partial charge is 0.288 e. The summed E-state index contributed by atoms with van der Waals surface area (Å²) in [4.78, 5) is 32.1. The van der Waals surface area contributed by atoms with Crippen LogP contribution in [0, 0.1) is 0 Å². The molecule has 2 aliphatic carbocycles. The van der Waals surface area contributed by atoms with Crippen LogP contribution >= 0.6 is 23.5 Å². The Balaban J connectivity index is 1.27. The molecule has 2 nitrogen and oxygen atoms in total. The summed E-state index contributed by atoms with van der Waals surface area (Å²) in [6, 6.07) is 48.9. The molecule has 0 amide bonds. The van der Waals surface area contributed by atoms with Crippen LogP contribution in [0.15, 0.2) is 155 Å². The minimum atomic E-state index is -0.0701. The van der Waals surface area contributed by atoms with Crippen LogP contribution in [0.1, 0.15) is 54.1 Å². The van der Waals surface area contributed by atoms with Crippen molar-refractivity contribution in [2.24, 2.45) is 0 Å². The maximum absolute atomic E-state index is 14.6. The lowest BCUT2D eigenvalue weighted by atomic mass is 9.99. The molecular formula is C44H28O2S2. The second-order valence-corrected chi connectivity index (χ2v) is 14.3. The molecule has 0 unspecified atom stereocenters. The molecule has 0 saturated heterocycles. The highest BCUT2D eigenvalue weighted by molar-refractivity contribution is 8.21. The Kier molecular flexibility index (Phi) is 7.14. The number of hydrogen-bond acceptors (Lipinski definition) is 4. The maximum Gasteiger partial charge on any atom is 0.200 e. The van der Waals surface area contributed by atoms with E-state index in [0.29, 0.717) is 20.9 Å². The molecule has 48 heavy (non-hydrogen) atoms. The first-order chi connectivity index (χ1) is 23.7. The SMILES string of the molecule is O=C(C1=C(c2cccc3c2Cc2ccccc2-3)SC(c2cccc3c2Cc2ccccc2-3)=C(C(=O)c2ccccc2)S1)c1ccccc1. The topological polar surface area (TPSA) is 34.1 Å². The molecule has 1 aliphatic heterocycles. The van der Waals surface area contributed by atoms with Gasteiger partial charge in [0, 0.05) is 20.9 Å². The molecule has 0 atom stereocenters. The van der Waals surface area contributed by atoms with E-state index in [1.54, 1.807) is 11.8 Å². The van der Waals surface area contributed by atoms with Gasteiger partial charge in [0.1, 0.15) is 0 Å². The molecule has 6 aromatic rings. The average Bonchev–Trinajstić information content (AvgIpc) is 3.73. The van der Waals surface area contributed by atoms with Gasteiger partial charge in [0.05, 0.1) is 9.81 Å². The Morgan fingerprint density at radius 1 is 0.375 bits per heavy atom. The molecule has 4 heteroatoms. The lowest BCUT2D eigenvalue weighted by Gasteiger charge is -2.26. The van der Waals surface area contributed by atoms with Gasteiger partial charge >= 0.3 is 0 Å². The van der Waals surface area contributed by atoms with Crippen LogP contribution in [0.25, 0.3) is 32.1 Å². The molecule has 228 valence electrons. The molecule has 0 saturated carbocycles. The standard InChI is InChI=1S/C44H28O2S2/c45-39(27-13-3-1-4-14-27)43-41(35-23-11-21-33-31-19-9-7-17-29(31)25-37(33)35)47-42(44(48-43)40(46)28-15-5-2-6-16-28)36-24-12-22-34-32-20-10-8-18-30(32)26-38(34)36/h1-24H,25-26H2. The highest BCUT2D eigenvalue weighted by Gasteiger charge is 2.36. The van der Waals surface area contributed by atoms with Crippen LogP contribution in [0.4, 0.5) is 0 Å². The van der Waals surface area contributed by atoms with Gasteiger partial charge in [0.15, 0.2) is 0 Å². The van der Waals surface area contributed by atoms with Gasteiger partial charge in [-0.25, -0.2) is 0 Å². The Morgan fingerprint density at radius 2 is 0.750 bits per heavy atom. The lowest BCUT2D eigenvalue weighted by Crippen LogP contribution is -2.12. The smallest absolute Gasteiger partial charge is 0.200 e. The number of carbonyl (C=O) groups is 2. The van der Waals surface area contributed by atoms with Crippen molar-refractivity contribution >= 4 is 44.9 Å². The molecule has 0 radical (unpaired) electrons. The second kappa shape index (κ2) is 11.8. The predicted molar refractivity (Wildman–Crippen MR) is 200 cm³/mol. The van der Waals surface area contributed by atoms with Crippen LogP contribution in [0.2, 0.25) is 0 Å². The summed E-state index contributed by atoms with van der Waals surface area (Å²) in [6.07, 6.45) is 1.60. The van der Waals surface area contributed by atoms with Gasteiger partial charge in [-0.3, -0.25) is 9.59 Å². The lowest BCUT2D eigenvalue weighted by molar-refractivity contribution is 0.103. The molecule has 9 rings (SSSR count). The fraction of sp³-hybridized carbons (Fsp3) is 0.0455. The van der Waals surface area contributed by atoms with Gasteiger partial charge in [-0.05, 0) is 68.5 Å². The van der Waals surface area contributed by atoms with Gasteiger partial charge < -0.3 is 0 Å². The summed E-state index contributed by atoms with van der Waals surface area (Å²) in [7, 11) is 0. The highest BCUT2D eigenvalue weighted by atomic mass is 32.2. The summed E-state index contributed by atoms with van der Waals surface area (Å²) in [6.45, 7) is 0. The third-order valence-corrected chi connectivity index (χ3v) is 12.2. The van der Waals surface area contributed by atoms with Gasteiger partial charge in [-0.2, -0.15) is 0 Å². The van der Waals surface area contributed by atoms with E-state index in [4.69, 9.17) is 0 Å². The number of allylic oxidation sites excluding steroid dienone is 2. The molecule has 0 fully saturated rings. The summed E-state index contributed by atoms with van der Waals surface area (Å²) in [5.74, 6) is -0.140. The van der Waals surface area contributed by atoms with E-state index in [0.717, 1.165) is 33.8 Å². The van der Waals surface area contributed by atoms with E-state index >= 15 is 0 Å².